The van der Waals surface area contributed by atoms with Crippen LogP contribution < -0.4 is 11.1 Å². The third-order valence-corrected chi connectivity index (χ3v) is 3.79. The fourth-order valence-corrected chi connectivity index (χ4v) is 2.40. The van der Waals surface area contributed by atoms with Gasteiger partial charge in [-0.2, -0.15) is 10.2 Å². The zero-order valence-electron chi connectivity index (χ0n) is 11.4. The SMILES string of the molecule is Cn1[nH]c(=O)c(=O)nc1SCCCCC(C)(C)C#N. The zero-order valence-corrected chi connectivity index (χ0v) is 12.2. The Labute approximate surface area is 115 Å². The maximum atomic E-state index is 11.1. The van der Waals surface area contributed by atoms with Crippen molar-refractivity contribution < 1.29 is 0 Å². The van der Waals surface area contributed by atoms with Gasteiger partial charge in [0.2, 0.25) is 0 Å². The summed E-state index contributed by atoms with van der Waals surface area (Å²) in [6.45, 7) is 3.85. The summed E-state index contributed by atoms with van der Waals surface area (Å²) in [5.41, 5.74) is -1.75. The van der Waals surface area contributed by atoms with Crippen molar-refractivity contribution >= 4 is 11.8 Å². The van der Waals surface area contributed by atoms with Crippen LogP contribution in [-0.4, -0.2) is 20.5 Å². The first-order valence-electron chi connectivity index (χ1n) is 6.07. The third-order valence-electron chi connectivity index (χ3n) is 2.68. The maximum Gasteiger partial charge on any atom is 0.339 e. The minimum absolute atomic E-state index is 0.284. The Morgan fingerprint density at radius 2 is 2.11 bits per heavy atom. The van der Waals surface area contributed by atoms with Crippen LogP contribution in [0.2, 0.25) is 0 Å². The number of aromatic amines is 1. The van der Waals surface area contributed by atoms with Crippen LogP contribution in [0.15, 0.2) is 14.7 Å². The lowest BCUT2D eigenvalue weighted by Gasteiger charge is -2.14. The number of thioether (sulfide) groups is 1. The molecule has 1 rings (SSSR count). The number of rotatable bonds is 6. The lowest BCUT2D eigenvalue weighted by molar-refractivity contribution is 0.433. The summed E-state index contributed by atoms with van der Waals surface area (Å²) in [5, 5.41) is 11.8. The van der Waals surface area contributed by atoms with Crippen molar-refractivity contribution in [1.82, 2.24) is 14.8 Å². The van der Waals surface area contributed by atoms with Gasteiger partial charge in [0.25, 0.3) is 0 Å². The van der Waals surface area contributed by atoms with Crippen molar-refractivity contribution in [2.75, 3.05) is 5.75 Å². The van der Waals surface area contributed by atoms with Gasteiger partial charge in [0, 0.05) is 12.8 Å². The molecule has 0 aliphatic carbocycles. The Hall–Kier alpha value is -1.55. The zero-order chi connectivity index (χ0) is 14.5. The molecular formula is C12H18N4O2S. The molecule has 1 N–H and O–H groups in total. The molecule has 0 atom stereocenters. The van der Waals surface area contributed by atoms with E-state index in [1.54, 1.807) is 7.05 Å². The molecular weight excluding hydrogens is 264 g/mol. The van der Waals surface area contributed by atoms with Crippen molar-refractivity contribution in [3.8, 4) is 6.07 Å². The summed E-state index contributed by atoms with van der Waals surface area (Å²) in [7, 11) is 1.65. The van der Waals surface area contributed by atoms with Crippen LogP contribution in [0.4, 0.5) is 0 Å². The van der Waals surface area contributed by atoms with E-state index < -0.39 is 11.1 Å². The van der Waals surface area contributed by atoms with E-state index in [1.807, 2.05) is 13.8 Å². The van der Waals surface area contributed by atoms with Gasteiger partial charge in [0.1, 0.15) is 0 Å². The van der Waals surface area contributed by atoms with Gasteiger partial charge in [-0.1, -0.05) is 18.2 Å². The van der Waals surface area contributed by atoms with Gasteiger partial charge in [-0.05, 0) is 26.7 Å². The van der Waals surface area contributed by atoms with Crippen molar-refractivity contribution in [3.63, 3.8) is 0 Å². The Morgan fingerprint density at radius 3 is 2.74 bits per heavy atom. The van der Waals surface area contributed by atoms with Crippen molar-refractivity contribution in [1.29, 1.82) is 5.26 Å². The highest BCUT2D eigenvalue weighted by atomic mass is 32.2. The number of H-pyrrole nitrogens is 1. The first kappa shape index (κ1) is 15.5. The average Bonchev–Trinajstić information content (AvgIpc) is 2.35. The first-order chi connectivity index (χ1) is 8.85. The summed E-state index contributed by atoms with van der Waals surface area (Å²) in [4.78, 5) is 25.9. The first-order valence-corrected chi connectivity index (χ1v) is 7.06. The standard InChI is InChI=1S/C12H18N4O2S/c1-12(2,8-13)6-4-5-7-19-11-14-9(17)10(18)15-16(11)3/h4-7H2,1-3H3,(H,15,18). The Balaban J connectivity index is 2.43. The second-order valence-corrected chi connectivity index (χ2v) is 6.06. The quantitative estimate of drug-likeness (QED) is 0.482. The van der Waals surface area contributed by atoms with E-state index in [1.165, 1.54) is 16.4 Å². The lowest BCUT2D eigenvalue weighted by atomic mass is 9.89. The predicted molar refractivity (Wildman–Crippen MR) is 74.1 cm³/mol. The molecule has 0 aliphatic rings. The van der Waals surface area contributed by atoms with Crippen molar-refractivity contribution in [3.05, 3.63) is 20.7 Å². The minimum Gasteiger partial charge on any atom is -0.265 e. The number of aryl methyl sites for hydroxylation is 1. The molecule has 0 spiro atoms. The molecule has 7 heteroatoms. The van der Waals surface area contributed by atoms with Gasteiger partial charge >= 0.3 is 11.1 Å². The molecule has 6 nitrogen and oxygen atoms in total. The van der Waals surface area contributed by atoms with Crippen LogP contribution >= 0.6 is 11.8 Å². The Kier molecular flexibility index (Phi) is 5.36. The van der Waals surface area contributed by atoms with Gasteiger partial charge in [-0.25, -0.2) is 0 Å². The molecule has 0 bridgehead atoms. The molecule has 0 fully saturated rings. The topological polar surface area (TPSA) is 91.5 Å². The van der Waals surface area contributed by atoms with Gasteiger partial charge < -0.3 is 0 Å². The monoisotopic (exact) mass is 282 g/mol. The molecule has 0 amide bonds. The van der Waals surface area contributed by atoms with E-state index in [2.05, 4.69) is 16.2 Å². The fourth-order valence-electron chi connectivity index (χ4n) is 1.48. The molecule has 0 saturated carbocycles. The molecule has 19 heavy (non-hydrogen) atoms. The van der Waals surface area contributed by atoms with Crippen LogP contribution in [0.25, 0.3) is 0 Å². The summed E-state index contributed by atoms with van der Waals surface area (Å²) >= 11 is 1.43. The number of aromatic nitrogens is 3. The summed E-state index contributed by atoms with van der Waals surface area (Å²) in [5.74, 6) is 0.799. The van der Waals surface area contributed by atoms with Crippen LogP contribution in [0.5, 0.6) is 0 Å². The molecule has 1 aromatic heterocycles. The van der Waals surface area contributed by atoms with E-state index in [9.17, 15) is 9.59 Å². The maximum absolute atomic E-state index is 11.1. The molecule has 1 heterocycles. The van der Waals surface area contributed by atoms with E-state index in [-0.39, 0.29) is 5.41 Å². The summed E-state index contributed by atoms with van der Waals surface area (Å²) in [6.07, 6.45) is 2.73. The summed E-state index contributed by atoms with van der Waals surface area (Å²) in [6, 6.07) is 2.27. The molecule has 0 unspecified atom stereocenters. The van der Waals surface area contributed by atoms with Crippen molar-refractivity contribution in [2.45, 2.75) is 38.3 Å². The second-order valence-electron chi connectivity index (χ2n) is 5.00. The fraction of sp³-hybridized carbons (Fsp3) is 0.667. The highest BCUT2D eigenvalue weighted by Crippen LogP contribution is 2.23. The Morgan fingerprint density at radius 1 is 1.42 bits per heavy atom. The Bertz CT molecular complexity index is 583. The molecule has 0 saturated heterocycles. The second kappa shape index (κ2) is 6.57. The van der Waals surface area contributed by atoms with Crippen LogP contribution in [-0.2, 0) is 7.05 Å². The largest absolute Gasteiger partial charge is 0.339 e. The average molecular weight is 282 g/mol. The predicted octanol–water partition coefficient (Wildman–Crippen LogP) is 1.28. The number of hydrogen-bond donors (Lipinski definition) is 1. The number of unbranched alkanes of at least 4 members (excludes halogenated alkanes) is 1. The lowest BCUT2D eigenvalue weighted by Crippen LogP contribution is -2.33. The van der Waals surface area contributed by atoms with Gasteiger partial charge in [-0.3, -0.25) is 19.4 Å². The van der Waals surface area contributed by atoms with E-state index in [0.717, 1.165) is 25.0 Å². The van der Waals surface area contributed by atoms with E-state index in [4.69, 9.17) is 5.26 Å². The van der Waals surface area contributed by atoms with Crippen LogP contribution in [0, 0.1) is 16.7 Å². The van der Waals surface area contributed by atoms with Gasteiger partial charge in [0.05, 0.1) is 11.5 Å². The minimum atomic E-state index is -0.758. The summed E-state index contributed by atoms with van der Waals surface area (Å²) < 4.78 is 1.45. The normalized spacial score (nSPS) is 11.3. The number of nitrogens with one attached hydrogen (secondary N) is 1. The van der Waals surface area contributed by atoms with Crippen LogP contribution in [0.3, 0.4) is 0 Å². The van der Waals surface area contributed by atoms with Crippen molar-refractivity contribution in [2.24, 2.45) is 12.5 Å². The number of nitriles is 1. The number of nitrogens with zero attached hydrogens (tertiary/aromatic N) is 3. The van der Waals surface area contributed by atoms with Gasteiger partial charge in [0.15, 0.2) is 5.16 Å². The molecule has 0 radical (unpaired) electrons. The third kappa shape index (κ3) is 4.91. The smallest absolute Gasteiger partial charge is 0.265 e. The van der Waals surface area contributed by atoms with E-state index >= 15 is 0 Å². The molecule has 0 aliphatic heterocycles. The highest BCUT2D eigenvalue weighted by molar-refractivity contribution is 7.99. The van der Waals surface area contributed by atoms with Gasteiger partial charge in [-0.15, -0.1) is 0 Å². The van der Waals surface area contributed by atoms with E-state index in [0.29, 0.717) is 5.16 Å². The molecule has 1 aromatic rings. The molecule has 104 valence electrons. The molecule has 0 aromatic carbocycles. The van der Waals surface area contributed by atoms with Crippen LogP contribution in [0.1, 0.15) is 33.1 Å². The highest BCUT2D eigenvalue weighted by Gasteiger charge is 2.15. The number of hydrogen-bond acceptors (Lipinski definition) is 5.